The second-order valence-corrected chi connectivity index (χ2v) is 15.9. The van der Waals surface area contributed by atoms with Crippen LogP contribution in [0.5, 0.6) is 0 Å². The fraction of sp³-hybridized carbons (Fsp3) is 0.360. The fourth-order valence-electron chi connectivity index (χ4n) is 8.17. The van der Waals surface area contributed by atoms with Gasteiger partial charge in [0.25, 0.3) is 0 Å². The summed E-state index contributed by atoms with van der Waals surface area (Å²) in [5.41, 5.74) is 19.9. The first-order valence-electron chi connectivity index (χ1n) is 22.4. The zero-order valence-corrected chi connectivity index (χ0v) is 36.8. The molecule has 2 atom stereocenters. The molecule has 0 aliphatic heterocycles. The first kappa shape index (κ1) is 48.4. The van der Waals surface area contributed by atoms with E-state index in [1.54, 1.807) is 0 Å². The number of unbranched alkanes of at least 4 members (excludes halogenated alkanes) is 2. The Morgan fingerprint density at radius 3 is 1.15 bits per heavy atom. The Labute approximate surface area is 384 Å². The number of rotatable bonds is 24. The number of carbonyl (C=O) groups is 6. The molecule has 0 saturated heterocycles. The van der Waals surface area contributed by atoms with Crippen molar-refractivity contribution >= 4 is 35.9 Å². The van der Waals surface area contributed by atoms with Crippen LogP contribution in [-0.4, -0.2) is 101 Å². The molecule has 0 bridgehead atoms. The molecule has 0 aromatic heterocycles. The molecule has 0 radical (unpaired) electrons. The molecule has 16 nitrogen and oxygen atoms in total. The van der Waals surface area contributed by atoms with Crippen LogP contribution in [-0.2, 0) is 38.1 Å². The van der Waals surface area contributed by atoms with Gasteiger partial charge >= 0.3 is 24.1 Å². The number of carbonyl (C=O) groups excluding carboxylic acids is 6. The van der Waals surface area contributed by atoms with Crippen LogP contribution in [0.4, 0.5) is 9.59 Å². The molecule has 0 fully saturated rings. The van der Waals surface area contributed by atoms with Crippen molar-refractivity contribution in [1.29, 1.82) is 0 Å². The zero-order valence-electron chi connectivity index (χ0n) is 36.8. The van der Waals surface area contributed by atoms with Crippen LogP contribution in [0.3, 0.4) is 0 Å². The Morgan fingerprint density at radius 1 is 0.485 bits per heavy atom. The number of benzene rings is 4. The Morgan fingerprint density at radius 2 is 0.818 bits per heavy atom. The summed E-state index contributed by atoms with van der Waals surface area (Å²) >= 11 is 0. The highest BCUT2D eigenvalue weighted by Gasteiger charge is 2.32. The molecule has 0 heterocycles. The summed E-state index contributed by atoms with van der Waals surface area (Å²) in [7, 11) is 0. The number of alkyl carbamates (subject to hydrolysis) is 2. The lowest BCUT2D eigenvalue weighted by molar-refractivity contribution is -0.147. The van der Waals surface area contributed by atoms with Crippen molar-refractivity contribution in [2.45, 2.75) is 62.4 Å². The number of esters is 2. The SMILES string of the molecule is NCCCC[C@H](NC(=O)OCC1c2ccccc2-c2ccccc21)C(=O)OCCNC(=O)/C=C/C(=O)NCCOC(=O)[C@H](CCCCN)NC(=O)OCC1c2ccccc2-c2ccccc21. The minimum absolute atomic E-state index is 0.0660. The van der Waals surface area contributed by atoms with E-state index in [9.17, 15) is 28.8 Å². The summed E-state index contributed by atoms with van der Waals surface area (Å²) in [6.45, 7) is 0.470. The van der Waals surface area contributed by atoms with E-state index in [-0.39, 0.29) is 64.2 Å². The molecule has 16 heteroatoms. The largest absolute Gasteiger partial charge is 0.462 e. The van der Waals surface area contributed by atoms with Crippen molar-refractivity contribution in [3.8, 4) is 22.3 Å². The third-order valence-corrected chi connectivity index (χ3v) is 11.4. The molecule has 2 aliphatic carbocycles. The van der Waals surface area contributed by atoms with Crippen LogP contribution < -0.4 is 32.7 Å². The van der Waals surface area contributed by atoms with E-state index in [2.05, 4.69) is 21.3 Å². The molecule has 2 aliphatic rings. The molecule has 6 rings (SSSR count). The second kappa shape index (κ2) is 24.9. The van der Waals surface area contributed by atoms with Crippen molar-refractivity contribution in [2.24, 2.45) is 11.5 Å². The second-order valence-electron chi connectivity index (χ2n) is 15.9. The van der Waals surface area contributed by atoms with E-state index >= 15 is 0 Å². The maximum atomic E-state index is 13.0. The molecule has 8 N–H and O–H groups in total. The normalized spacial score (nSPS) is 13.3. The highest BCUT2D eigenvalue weighted by Crippen LogP contribution is 2.45. The quantitative estimate of drug-likeness (QED) is 0.0238. The molecule has 4 amide bonds. The summed E-state index contributed by atoms with van der Waals surface area (Å²) in [5, 5.41) is 10.3. The van der Waals surface area contributed by atoms with E-state index in [4.69, 9.17) is 30.4 Å². The van der Waals surface area contributed by atoms with Gasteiger partial charge in [-0.1, -0.05) is 97.1 Å². The monoisotopic (exact) mass is 902 g/mol. The highest BCUT2D eigenvalue weighted by molar-refractivity contribution is 5.96. The molecular formula is C50H58N6O10. The molecule has 4 aromatic rings. The Kier molecular flexibility index (Phi) is 18.2. The van der Waals surface area contributed by atoms with E-state index in [0.717, 1.165) is 56.7 Å². The van der Waals surface area contributed by atoms with Crippen molar-refractivity contribution < 1.29 is 47.7 Å². The molecule has 0 unspecified atom stereocenters. The van der Waals surface area contributed by atoms with Crippen LogP contribution in [0, 0.1) is 0 Å². The molecular weight excluding hydrogens is 845 g/mol. The van der Waals surface area contributed by atoms with Gasteiger partial charge in [-0.2, -0.15) is 0 Å². The van der Waals surface area contributed by atoms with Gasteiger partial charge in [-0.25, -0.2) is 19.2 Å². The summed E-state index contributed by atoms with van der Waals surface area (Å²) in [6, 6.07) is 29.9. The average molecular weight is 903 g/mol. The van der Waals surface area contributed by atoms with Gasteiger partial charge in [0.05, 0.1) is 13.1 Å². The zero-order chi connectivity index (χ0) is 46.7. The molecule has 348 valence electrons. The summed E-state index contributed by atoms with van der Waals surface area (Å²) < 4.78 is 22.0. The van der Waals surface area contributed by atoms with Crippen molar-refractivity contribution in [1.82, 2.24) is 21.3 Å². The Balaban J connectivity index is 0.870. The summed E-state index contributed by atoms with van der Waals surface area (Å²) in [6.07, 6.45) is 3.43. The minimum atomic E-state index is -0.995. The molecule has 4 aromatic carbocycles. The number of fused-ring (bicyclic) bond motifs is 6. The Hall–Kier alpha value is -7.04. The smallest absolute Gasteiger partial charge is 0.407 e. The minimum Gasteiger partial charge on any atom is -0.462 e. The van der Waals surface area contributed by atoms with E-state index in [1.807, 2.05) is 97.1 Å². The number of ether oxygens (including phenoxy) is 4. The summed E-state index contributed by atoms with van der Waals surface area (Å²) in [4.78, 5) is 76.6. The number of nitrogens with two attached hydrogens (primary N) is 2. The van der Waals surface area contributed by atoms with Gasteiger partial charge in [-0.05, 0) is 96.1 Å². The van der Waals surface area contributed by atoms with Crippen molar-refractivity contribution in [2.75, 3.05) is 52.6 Å². The maximum absolute atomic E-state index is 13.0. The molecule has 0 spiro atoms. The van der Waals surface area contributed by atoms with Crippen LogP contribution in [0.15, 0.2) is 109 Å². The van der Waals surface area contributed by atoms with Crippen LogP contribution in [0.25, 0.3) is 22.3 Å². The van der Waals surface area contributed by atoms with Gasteiger partial charge in [0.2, 0.25) is 11.8 Å². The standard InChI is InChI=1S/C50H58N6O10/c51-25-11-9-21-43(55-49(61)65-31-41-37-17-5-1-13-33(37)34-14-2-6-18-38(34)41)47(59)63-29-27-53-45(57)23-24-46(58)54-28-30-64-48(60)44(22-10-12-26-52)56-50(62)66-32-42-39-19-7-3-15-35(39)36-16-4-8-20-40(36)42/h1-8,13-20,23-24,41-44H,9-12,21-22,25-32,51-52H2,(H,53,57)(H,54,58)(H,55,61)(H,56,62)/b24-23+/t43-,44-/m0/s1. The summed E-state index contributed by atoms with van der Waals surface area (Å²) in [5.74, 6) is -2.93. The number of hydrogen-bond acceptors (Lipinski definition) is 12. The van der Waals surface area contributed by atoms with Gasteiger partial charge in [0.15, 0.2) is 0 Å². The van der Waals surface area contributed by atoms with Crippen molar-refractivity contribution in [3.63, 3.8) is 0 Å². The van der Waals surface area contributed by atoms with E-state index in [0.29, 0.717) is 38.8 Å². The lowest BCUT2D eigenvalue weighted by atomic mass is 9.98. The number of hydrogen-bond donors (Lipinski definition) is 6. The van der Waals surface area contributed by atoms with Gasteiger partial charge in [0, 0.05) is 24.0 Å². The highest BCUT2D eigenvalue weighted by atomic mass is 16.6. The first-order valence-corrected chi connectivity index (χ1v) is 22.4. The molecule has 0 saturated carbocycles. The number of nitrogens with one attached hydrogen (secondary N) is 4. The predicted octanol–water partition coefficient (Wildman–Crippen LogP) is 4.93. The van der Waals surface area contributed by atoms with Crippen LogP contribution >= 0.6 is 0 Å². The van der Waals surface area contributed by atoms with Crippen LogP contribution in [0.1, 0.15) is 72.6 Å². The van der Waals surface area contributed by atoms with Gasteiger partial charge in [-0.3, -0.25) is 9.59 Å². The maximum Gasteiger partial charge on any atom is 0.407 e. The van der Waals surface area contributed by atoms with Gasteiger partial charge in [-0.15, -0.1) is 0 Å². The topological polar surface area (TPSA) is 239 Å². The van der Waals surface area contributed by atoms with Crippen LogP contribution in [0.2, 0.25) is 0 Å². The van der Waals surface area contributed by atoms with Gasteiger partial charge in [0.1, 0.15) is 38.5 Å². The van der Waals surface area contributed by atoms with E-state index < -0.39 is 48.0 Å². The third-order valence-electron chi connectivity index (χ3n) is 11.4. The Bertz CT molecular complexity index is 2100. The predicted molar refractivity (Wildman–Crippen MR) is 247 cm³/mol. The van der Waals surface area contributed by atoms with Crippen molar-refractivity contribution in [3.05, 3.63) is 131 Å². The third kappa shape index (κ3) is 13.3. The fourth-order valence-corrected chi connectivity index (χ4v) is 8.17. The van der Waals surface area contributed by atoms with E-state index in [1.165, 1.54) is 0 Å². The first-order chi connectivity index (χ1) is 32.2. The lowest BCUT2D eigenvalue weighted by Gasteiger charge is -2.19. The number of amides is 4. The molecule has 66 heavy (non-hydrogen) atoms. The average Bonchev–Trinajstić information content (AvgIpc) is 3.83. The van der Waals surface area contributed by atoms with Gasteiger partial charge < -0.3 is 51.7 Å². The lowest BCUT2D eigenvalue weighted by Crippen LogP contribution is -2.43.